The average molecular weight is 304 g/mol. The first-order valence-corrected chi connectivity index (χ1v) is 8.17. The van der Waals surface area contributed by atoms with E-state index in [2.05, 4.69) is 4.72 Å². The SMILES string of the molecule is COCC(Cl)Cc1ccc(S(=O)(=O)NC2CC2)cc1. The standard InChI is InChI=1S/C13H18ClNO3S/c1-18-9-11(14)8-10-2-6-13(7-3-10)19(16,17)15-12-4-5-12/h2-3,6-7,11-12,15H,4-5,8-9H2,1H3. The van der Waals surface area contributed by atoms with Crippen LogP contribution in [0.2, 0.25) is 0 Å². The summed E-state index contributed by atoms with van der Waals surface area (Å²) < 4.78 is 31.5. The number of benzene rings is 1. The van der Waals surface area contributed by atoms with Crippen LogP contribution in [-0.2, 0) is 21.2 Å². The van der Waals surface area contributed by atoms with Crippen molar-refractivity contribution in [3.8, 4) is 0 Å². The fourth-order valence-corrected chi connectivity index (χ4v) is 3.40. The van der Waals surface area contributed by atoms with Crippen LogP contribution in [0.15, 0.2) is 29.2 Å². The number of alkyl halides is 1. The molecule has 0 aliphatic heterocycles. The van der Waals surface area contributed by atoms with Gasteiger partial charge in [0.15, 0.2) is 0 Å². The third kappa shape index (κ3) is 4.45. The Bertz CT molecular complexity index is 511. The lowest BCUT2D eigenvalue weighted by atomic mass is 10.1. The second kappa shape index (κ2) is 6.22. The van der Waals surface area contributed by atoms with Gasteiger partial charge in [-0.15, -0.1) is 11.6 Å². The largest absolute Gasteiger partial charge is 0.383 e. The maximum absolute atomic E-state index is 12.0. The summed E-state index contributed by atoms with van der Waals surface area (Å²) in [6, 6.07) is 6.96. The molecule has 1 aromatic carbocycles. The normalized spacial score (nSPS) is 17.4. The molecular weight excluding hydrogens is 286 g/mol. The van der Waals surface area contributed by atoms with E-state index in [1.54, 1.807) is 31.4 Å². The van der Waals surface area contributed by atoms with Gasteiger partial charge in [0.05, 0.1) is 16.9 Å². The molecule has 1 unspecified atom stereocenters. The molecule has 19 heavy (non-hydrogen) atoms. The van der Waals surface area contributed by atoms with Crippen molar-refractivity contribution in [2.75, 3.05) is 13.7 Å². The summed E-state index contributed by atoms with van der Waals surface area (Å²) >= 11 is 6.07. The number of halogens is 1. The van der Waals surface area contributed by atoms with Gasteiger partial charge in [-0.3, -0.25) is 0 Å². The Balaban J connectivity index is 2.01. The van der Waals surface area contributed by atoms with Crippen molar-refractivity contribution in [3.05, 3.63) is 29.8 Å². The Hall–Kier alpha value is -0.620. The highest BCUT2D eigenvalue weighted by molar-refractivity contribution is 7.89. The van der Waals surface area contributed by atoms with E-state index in [0.717, 1.165) is 18.4 Å². The van der Waals surface area contributed by atoms with E-state index in [-0.39, 0.29) is 11.4 Å². The summed E-state index contributed by atoms with van der Waals surface area (Å²) in [6.45, 7) is 0.477. The molecule has 1 aromatic rings. The van der Waals surface area contributed by atoms with Crippen molar-refractivity contribution >= 4 is 21.6 Å². The number of nitrogens with one attached hydrogen (secondary N) is 1. The second-order valence-electron chi connectivity index (χ2n) is 4.80. The molecule has 1 aliphatic carbocycles. The number of sulfonamides is 1. The quantitative estimate of drug-likeness (QED) is 0.783. The van der Waals surface area contributed by atoms with E-state index in [1.165, 1.54) is 0 Å². The van der Waals surface area contributed by atoms with Gasteiger partial charge in [0, 0.05) is 13.2 Å². The summed E-state index contributed by atoms with van der Waals surface area (Å²) in [4.78, 5) is 0.306. The minimum absolute atomic E-state index is 0.1000. The van der Waals surface area contributed by atoms with Crippen LogP contribution in [0, 0.1) is 0 Å². The first kappa shape index (κ1) is 14.8. The maximum Gasteiger partial charge on any atom is 0.240 e. The van der Waals surface area contributed by atoms with Crippen molar-refractivity contribution in [3.63, 3.8) is 0 Å². The van der Waals surface area contributed by atoms with Crippen LogP contribution >= 0.6 is 11.6 Å². The smallest absolute Gasteiger partial charge is 0.240 e. The minimum Gasteiger partial charge on any atom is -0.383 e. The first-order valence-electron chi connectivity index (χ1n) is 6.25. The van der Waals surface area contributed by atoms with Crippen LogP contribution < -0.4 is 4.72 Å². The van der Waals surface area contributed by atoms with Crippen molar-refractivity contribution in [1.29, 1.82) is 0 Å². The molecule has 1 fully saturated rings. The van der Waals surface area contributed by atoms with Gasteiger partial charge in [-0.1, -0.05) is 12.1 Å². The van der Waals surface area contributed by atoms with Gasteiger partial charge in [-0.2, -0.15) is 0 Å². The fourth-order valence-electron chi connectivity index (χ4n) is 1.79. The van der Waals surface area contributed by atoms with Gasteiger partial charge < -0.3 is 4.74 Å². The highest BCUT2D eigenvalue weighted by Crippen LogP contribution is 2.22. The van der Waals surface area contributed by atoms with Gasteiger partial charge >= 0.3 is 0 Å². The van der Waals surface area contributed by atoms with Gasteiger partial charge in [0.1, 0.15) is 0 Å². The van der Waals surface area contributed by atoms with Crippen LogP contribution in [0.5, 0.6) is 0 Å². The summed E-state index contributed by atoms with van der Waals surface area (Å²) in [5.74, 6) is 0. The molecular formula is C13H18ClNO3S. The van der Waals surface area contributed by atoms with Crippen LogP contribution in [-0.4, -0.2) is 33.6 Å². The number of ether oxygens (including phenoxy) is 1. The summed E-state index contributed by atoms with van der Waals surface area (Å²) in [7, 11) is -1.75. The Kier molecular flexibility index (Phi) is 4.84. The highest BCUT2D eigenvalue weighted by Gasteiger charge is 2.27. The Morgan fingerprint density at radius 3 is 2.53 bits per heavy atom. The molecule has 0 heterocycles. The Labute approximate surface area is 119 Å². The van der Waals surface area contributed by atoms with Gasteiger partial charge in [-0.05, 0) is 37.0 Å². The number of methoxy groups -OCH3 is 1. The van der Waals surface area contributed by atoms with E-state index in [9.17, 15) is 8.42 Å². The molecule has 4 nitrogen and oxygen atoms in total. The lowest BCUT2D eigenvalue weighted by molar-refractivity contribution is 0.197. The molecule has 0 amide bonds. The lowest BCUT2D eigenvalue weighted by Crippen LogP contribution is -2.25. The van der Waals surface area contributed by atoms with Crippen molar-refractivity contribution in [1.82, 2.24) is 4.72 Å². The van der Waals surface area contributed by atoms with E-state index in [0.29, 0.717) is 17.9 Å². The second-order valence-corrected chi connectivity index (χ2v) is 7.13. The van der Waals surface area contributed by atoms with Crippen LogP contribution in [0.3, 0.4) is 0 Å². The van der Waals surface area contributed by atoms with E-state index in [1.807, 2.05) is 0 Å². The lowest BCUT2D eigenvalue weighted by Gasteiger charge is -2.09. The van der Waals surface area contributed by atoms with Crippen LogP contribution in [0.25, 0.3) is 0 Å². The molecule has 0 radical (unpaired) electrons. The van der Waals surface area contributed by atoms with Crippen molar-refractivity contribution in [2.24, 2.45) is 0 Å². The third-order valence-electron chi connectivity index (χ3n) is 2.94. The van der Waals surface area contributed by atoms with Crippen molar-refractivity contribution < 1.29 is 13.2 Å². The Morgan fingerprint density at radius 1 is 1.37 bits per heavy atom. The van der Waals surface area contributed by atoms with E-state index < -0.39 is 10.0 Å². The highest BCUT2D eigenvalue weighted by atomic mass is 35.5. The summed E-state index contributed by atoms with van der Waals surface area (Å²) in [6.07, 6.45) is 2.52. The molecule has 106 valence electrons. The predicted octanol–water partition coefficient (Wildman–Crippen LogP) is 1.92. The monoisotopic (exact) mass is 303 g/mol. The topological polar surface area (TPSA) is 55.4 Å². The fraction of sp³-hybridized carbons (Fsp3) is 0.538. The van der Waals surface area contributed by atoms with Gasteiger partial charge in [0.2, 0.25) is 10.0 Å². The first-order chi connectivity index (χ1) is 9.01. The molecule has 1 saturated carbocycles. The zero-order chi connectivity index (χ0) is 13.9. The number of hydrogen-bond donors (Lipinski definition) is 1. The van der Waals surface area contributed by atoms with E-state index >= 15 is 0 Å². The molecule has 1 N–H and O–H groups in total. The molecule has 1 atom stereocenters. The zero-order valence-electron chi connectivity index (χ0n) is 10.8. The molecule has 1 aliphatic rings. The molecule has 0 saturated heterocycles. The van der Waals surface area contributed by atoms with Crippen LogP contribution in [0.4, 0.5) is 0 Å². The average Bonchev–Trinajstić information content (AvgIpc) is 3.13. The molecule has 6 heteroatoms. The number of hydrogen-bond acceptors (Lipinski definition) is 3. The third-order valence-corrected chi connectivity index (χ3v) is 4.75. The molecule has 0 spiro atoms. The van der Waals surface area contributed by atoms with Gasteiger partial charge in [0.25, 0.3) is 0 Å². The van der Waals surface area contributed by atoms with E-state index in [4.69, 9.17) is 16.3 Å². The summed E-state index contributed by atoms with van der Waals surface area (Å²) in [5, 5.41) is -0.1000. The van der Waals surface area contributed by atoms with Gasteiger partial charge in [-0.25, -0.2) is 13.1 Å². The zero-order valence-corrected chi connectivity index (χ0v) is 12.4. The minimum atomic E-state index is -3.36. The Morgan fingerprint density at radius 2 is 2.00 bits per heavy atom. The molecule has 0 bridgehead atoms. The molecule has 2 rings (SSSR count). The van der Waals surface area contributed by atoms with Crippen molar-refractivity contribution in [2.45, 2.75) is 35.6 Å². The molecule has 0 aromatic heterocycles. The van der Waals surface area contributed by atoms with Crippen LogP contribution in [0.1, 0.15) is 18.4 Å². The summed E-state index contributed by atoms with van der Waals surface area (Å²) in [5.41, 5.74) is 1.00. The predicted molar refractivity (Wildman–Crippen MR) is 75.0 cm³/mol. The number of rotatable bonds is 7. The maximum atomic E-state index is 12.0.